The van der Waals surface area contributed by atoms with Gasteiger partial charge in [-0.1, -0.05) is 54.1 Å². The number of nitrogens with zero attached hydrogens (tertiary/aromatic N) is 1. The van der Waals surface area contributed by atoms with Gasteiger partial charge >= 0.3 is 0 Å². The number of anilines is 1. The average molecular weight is 345 g/mol. The molecule has 3 rings (SSSR count). The Labute approximate surface area is 154 Å². The highest BCUT2D eigenvalue weighted by Crippen LogP contribution is 2.12. The summed E-state index contributed by atoms with van der Waals surface area (Å²) in [5, 5.41) is 6.24. The molecule has 0 bridgehead atoms. The predicted molar refractivity (Wildman–Crippen MR) is 105 cm³/mol. The Hall–Kier alpha value is -3.14. The van der Waals surface area contributed by atoms with Gasteiger partial charge in [-0.05, 0) is 42.7 Å². The number of aryl methyl sites for hydroxylation is 2. The Morgan fingerprint density at radius 1 is 0.962 bits per heavy atom. The van der Waals surface area contributed by atoms with Crippen molar-refractivity contribution >= 4 is 11.6 Å². The van der Waals surface area contributed by atoms with Gasteiger partial charge in [-0.15, -0.1) is 0 Å². The molecule has 2 N–H and O–H groups in total. The lowest BCUT2D eigenvalue weighted by molar-refractivity contribution is 0.0946. The Kier molecular flexibility index (Phi) is 5.64. The van der Waals surface area contributed by atoms with Crippen LogP contribution in [0.5, 0.6) is 0 Å². The fourth-order valence-corrected chi connectivity index (χ4v) is 2.73. The molecule has 3 aromatic rings. The van der Waals surface area contributed by atoms with Gasteiger partial charge in [-0.3, -0.25) is 4.79 Å². The lowest BCUT2D eigenvalue weighted by Gasteiger charge is -2.09. The normalized spacial score (nSPS) is 10.4. The number of rotatable bonds is 6. The number of benzene rings is 2. The third kappa shape index (κ3) is 4.70. The summed E-state index contributed by atoms with van der Waals surface area (Å²) < 4.78 is 0. The van der Waals surface area contributed by atoms with Gasteiger partial charge < -0.3 is 10.6 Å². The van der Waals surface area contributed by atoms with E-state index in [2.05, 4.69) is 40.7 Å². The van der Waals surface area contributed by atoms with E-state index >= 15 is 0 Å². The molecular formula is C22H23N3O. The second-order valence-corrected chi connectivity index (χ2v) is 6.38. The number of carbonyl (C=O) groups excluding carboxylic acids is 1. The fourth-order valence-electron chi connectivity index (χ4n) is 2.73. The van der Waals surface area contributed by atoms with Crippen LogP contribution in [-0.4, -0.2) is 10.9 Å². The fraction of sp³-hybridized carbons (Fsp3) is 0.182. The zero-order valence-corrected chi connectivity index (χ0v) is 15.1. The molecule has 4 heteroatoms. The second kappa shape index (κ2) is 8.30. The van der Waals surface area contributed by atoms with Crippen LogP contribution in [0.4, 0.5) is 5.69 Å². The zero-order valence-electron chi connectivity index (χ0n) is 15.1. The third-order valence-electron chi connectivity index (χ3n) is 4.28. The lowest BCUT2D eigenvalue weighted by atomic mass is 10.1. The van der Waals surface area contributed by atoms with E-state index in [1.807, 2.05) is 43.3 Å². The summed E-state index contributed by atoms with van der Waals surface area (Å²) in [5.41, 5.74) is 6.06. The summed E-state index contributed by atoms with van der Waals surface area (Å²) in [5.74, 6) is -0.169. The van der Waals surface area contributed by atoms with Gasteiger partial charge in [0.1, 0.15) is 5.69 Å². The zero-order chi connectivity index (χ0) is 18.4. The minimum Gasteiger partial charge on any atom is -0.380 e. The third-order valence-corrected chi connectivity index (χ3v) is 4.28. The van der Waals surface area contributed by atoms with Crippen LogP contribution in [0.3, 0.4) is 0 Å². The van der Waals surface area contributed by atoms with Crippen molar-refractivity contribution in [2.75, 3.05) is 5.32 Å². The first kappa shape index (κ1) is 17.7. The summed E-state index contributed by atoms with van der Waals surface area (Å²) in [6.45, 7) is 5.36. The highest BCUT2D eigenvalue weighted by atomic mass is 16.1. The number of amides is 1. The van der Waals surface area contributed by atoms with Crippen LogP contribution < -0.4 is 10.6 Å². The van der Waals surface area contributed by atoms with Crippen molar-refractivity contribution in [1.82, 2.24) is 10.3 Å². The van der Waals surface area contributed by atoms with Crippen LogP contribution >= 0.6 is 0 Å². The monoisotopic (exact) mass is 345 g/mol. The number of nitrogens with one attached hydrogen (secondary N) is 2. The molecule has 1 amide bonds. The van der Waals surface area contributed by atoms with Crippen molar-refractivity contribution in [3.63, 3.8) is 0 Å². The van der Waals surface area contributed by atoms with Crippen LogP contribution in [-0.2, 0) is 13.1 Å². The number of aromatic nitrogens is 1. The standard InChI is InChI=1S/C22H23N3O/c1-16-6-5-8-18(12-16)13-25-22(26)21-11-10-20(15-24-21)23-14-19-9-4-3-7-17(19)2/h3-12,15,23H,13-14H2,1-2H3,(H,25,26). The van der Waals surface area contributed by atoms with Gasteiger partial charge in [0, 0.05) is 13.1 Å². The number of carbonyl (C=O) groups is 1. The van der Waals surface area contributed by atoms with Crippen LogP contribution in [0, 0.1) is 13.8 Å². The summed E-state index contributed by atoms with van der Waals surface area (Å²) in [7, 11) is 0. The Morgan fingerprint density at radius 2 is 1.81 bits per heavy atom. The molecule has 1 aromatic heterocycles. The van der Waals surface area contributed by atoms with Crippen molar-refractivity contribution in [3.8, 4) is 0 Å². The first-order valence-electron chi connectivity index (χ1n) is 8.70. The van der Waals surface area contributed by atoms with E-state index < -0.39 is 0 Å². The molecule has 132 valence electrons. The molecular weight excluding hydrogens is 322 g/mol. The molecule has 0 radical (unpaired) electrons. The SMILES string of the molecule is Cc1cccc(CNC(=O)c2ccc(NCc3ccccc3C)cn2)c1. The molecule has 2 aromatic carbocycles. The van der Waals surface area contributed by atoms with Gasteiger partial charge in [0.15, 0.2) is 0 Å². The van der Waals surface area contributed by atoms with Crippen LogP contribution in [0.2, 0.25) is 0 Å². The van der Waals surface area contributed by atoms with Gasteiger partial charge in [-0.25, -0.2) is 4.98 Å². The Morgan fingerprint density at radius 3 is 2.54 bits per heavy atom. The smallest absolute Gasteiger partial charge is 0.270 e. The first-order valence-corrected chi connectivity index (χ1v) is 8.70. The summed E-state index contributed by atoms with van der Waals surface area (Å²) >= 11 is 0. The van der Waals surface area contributed by atoms with E-state index in [-0.39, 0.29) is 5.91 Å². The van der Waals surface area contributed by atoms with Crippen molar-refractivity contribution in [2.24, 2.45) is 0 Å². The van der Waals surface area contributed by atoms with E-state index in [1.54, 1.807) is 12.3 Å². The number of pyridine rings is 1. The summed E-state index contributed by atoms with van der Waals surface area (Å²) in [4.78, 5) is 16.5. The molecule has 0 aliphatic heterocycles. The topological polar surface area (TPSA) is 54.0 Å². The predicted octanol–water partition coefficient (Wildman–Crippen LogP) is 4.24. The Balaban J connectivity index is 1.55. The second-order valence-electron chi connectivity index (χ2n) is 6.38. The minimum atomic E-state index is -0.169. The molecule has 4 nitrogen and oxygen atoms in total. The van der Waals surface area contributed by atoms with E-state index in [1.165, 1.54) is 16.7 Å². The molecule has 0 fully saturated rings. The molecule has 1 heterocycles. The number of hydrogen-bond acceptors (Lipinski definition) is 3. The maximum absolute atomic E-state index is 12.2. The molecule has 0 saturated heterocycles. The van der Waals surface area contributed by atoms with Gasteiger partial charge in [0.2, 0.25) is 0 Å². The molecule has 26 heavy (non-hydrogen) atoms. The maximum Gasteiger partial charge on any atom is 0.270 e. The largest absolute Gasteiger partial charge is 0.380 e. The lowest BCUT2D eigenvalue weighted by Crippen LogP contribution is -2.23. The van der Waals surface area contributed by atoms with Crippen molar-refractivity contribution < 1.29 is 4.79 Å². The van der Waals surface area contributed by atoms with Crippen LogP contribution in [0.15, 0.2) is 66.9 Å². The molecule has 0 spiro atoms. The van der Waals surface area contributed by atoms with Gasteiger partial charge in [-0.2, -0.15) is 0 Å². The van der Waals surface area contributed by atoms with E-state index in [9.17, 15) is 4.79 Å². The van der Waals surface area contributed by atoms with E-state index in [0.717, 1.165) is 17.8 Å². The molecule has 0 aliphatic carbocycles. The van der Waals surface area contributed by atoms with Crippen LogP contribution in [0.25, 0.3) is 0 Å². The minimum absolute atomic E-state index is 0.169. The molecule has 0 atom stereocenters. The highest BCUT2D eigenvalue weighted by Gasteiger charge is 2.07. The van der Waals surface area contributed by atoms with Crippen molar-refractivity contribution in [3.05, 3.63) is 94.8 Å². The quantitative estimate of drug-likeness (QED) is 0.702. The van der Waals surface area contributed by atoms with Crippen molar-refractivity contribution in [2.45, 2.75) is 26.9 Å². The Bertz CT molecular complexity index is 888. The van der Waals surface area contributed by atoms with Gasteiger partial charge in [0.25, 0.3) is 5.91 Å². The molecule has 0 saturated carbocycles. The van der Waals surface area contributed by atoms with Crippen LogP contribution in [0.1, 0.15) is 32.7 Å². The summed E-state index contributed by atoms with van der Waals surface area (Å²) in [6.07, 6.45) is 1.69. The first-order chi connectivity index (χ1) is 12.6. The van der Waals surface area contributed by atoms with E-state index in [0.29, 0.717) is 12.2 Å². The highest BCUT2D eigenvalue weighted by molar-refractivity contribution is 5.92. The maximum atomic E-state index is 12.2. The number of hydrogen-bond donors (Lipinski definition) is 2. The van der Waals surface area contributed by atoms with Crippen molar-refractivity contribution in [1.29, 1.82) is 0 Å². The van der Waals surface area contributed by atoms with E-state index in [4.69, 9.17) is 0 Å². The van der Waals surface area contributed by atoms with Gasteiger partial charge in [0.05, 0.1) is 11.9 Å². The molecule has 0 unspecified atom stereocenters. The summed E-state index contributed by atoms with van der Waals surface area (Å²) in [6, 6.07) is 20.0. The average Bonchev–Trinajstić information content (AvgIpc) is 2.66. The molecule has 0 aliphatic rings.